The van der Waals surface area contributed by atoms with Gasteiger partial charge >= 0.3 is 0 Å². The topological polar surface area (TPSA) is 43.8 Å². The first-order chi connectivity index (χ1) is 8.18. The number of imidazole rings is 1. The number of rotatable bonds is 2. The largest absolute Gasteiger partial charge is 0.389 e. The predicted molar refractivity (Wildman–Crippen MR) is 73.6 cm³/mol. The molecule has 1 aliphatic rings. The van der Waals surface area contributed by atoms with Crippen molar-refractivity contribution < 1.29 is 0 Å². The molecule has 2 aromatic heterocycles. The van der Waals surface area contributed by atoms with E-state index in [0.717, 1.165) is 16.0 Å². The SMILES string of the molecule is CC(C)n1c(C2CCCC2)nc2csc(N)c21. The van der Waals surface area contributed by atoms with E-state index in [1.807, 2.05) is 0 Å². The van der Waals surface area contributed by atoms with Crippen LogP contribution >= 0.6 is 11.3 Å². The van der Waals surface area contributed by atoms with Crippen molar-refractivity contribution in [2.45, 2.75) is 51.5 Å². The van der Waals surface area contributed by atoms with Crippen molar-refractivity contribution in [2.75, 3.05) is 5.73 Å². The van der Waals surface area contributed by atoms with E-state index in [1.165, 1.54) is 31.5 Å². The molecule has 4 heteroatoms. The standard InChI is InChI=1S/C13H19N3S/c1-8(2)16-11-10(7-17-12(11)14)15-13(16)9-5-3-4-6-9/h7-9H,3-6,14H2,1-2H3. The fraction of sp³-hybridized carbons (Fsp3) is 0.615. The minimum Gasteiger partial charge on any atom is -0.389 e. The molecular formula is C13H19N3S. The zero-order valence-electron chi connectivity index (χ0n) is 10.4. The van der Waals surface area contributed by atoms with E-state index < -0.39 is 0 Å². The Hall–Kier alpha value is -1.03. The highest BCUT2D eigenvalue weighted by Gasteiger charge is 2.25. The van der Waals surface area contributed by atoms with Crippen molar-refractivity contribution in [3.05, 3.63) is 11.2 Å². The van der Waals surface area contributed by atoms with Crippen LogP contribution in [0, 0.1) is 0 Å². The highest BCUT2D eigenvalue weighted by Crippen LogP contribution is 2.39. The Morgan fingerprint density at radius 1 is 1.41 bits per heavy atom. The van der Waals surface area contributed by atoms with Crippen LogP contribution in [0.15, 0.2) is 5.38 Å². The van der Waals surface area contributed by atoms with E-state index in [9.17, 15) is 0 Å². The summed E-state index contributed by atoms with van der Waals surface area (Å²) in [5.74, 6) is 1.91. The van der Waals surface area contributed by atoms with Gasteiger partial charge in [-0.3, -0.25) is 0 Å². The van der Waals surface area contributed by atoms with Gasteiger partial charge in [-0.2, -0.15) is 0 Å². The summed E-state index contributed by atoms with van der Waals surface area (Å²) in [5.41, 5.74) is 8.33. The number of anilines is 1. The second-order valence-corrected chi connectivity index (χ2v) is 6.16. The molecule has 1 aliphatic carbocycles. The number of nitrogen functional groups attached to an aromatic ring is 1. The average molecular weight is 249 g/mol. The second-order valence-electron chi connectivity index (χ2n) is 5.25. The molecule has 2 N–H and O–H groups in total. The maximum Gasteiger partial charge on any atom is 0.113 e. The molecule has 92 valence electrons. The van der Waals surface area contributed by atoms with Gasteiger partial charge in [0.15, 0.2) is 0 Å². The van der Waals surface area contributed by atoms with E-state index in [1.54, 1.807) is 11.3 Å². The first kappa shape index (κ1) is 11.1. The van der Waals surface area contributed by atoms with Gasteiger partial charge in [0.05, 0.1) is 0 Å². The quantitative estimate of drug-likeness (QED) is 0.876. The zero-order chi connectivity index (χ0) is 12.0. The number of hydrogen-bond acceptors (Lipinski definition) is 3. The van der Waals surface area contributed by atoms with Crippen molar-refractivity contribution >= 4 is 27.4 Å². The van der Waals surface area contributed by atoms with Gasteiger partial charge in [0.25, 0.3) is 0 Å². The average Bonchev–Trinajstić information content (AvgIpc) is 2.94. The van der Waals surface area contributed by atoms with Crippen molar-refractivity contribution in [1.29, 1.82) is 0 Å². The predicted octanol–water partition coefficient (Wildman–Crippen LogP) is 3.92. The summed E-state index contributed by atoms with van der Waals surface area (Å²) < 4.78 is 2.36. The lowest BCUT2D eigenvalue weighted by atomic mass is 10.1. The molecule has 1 fully saturated rings. The molecule has 0 aliphatic heterocycles. The summed E-state index contributed by atoms with van der Waals surface area (Å²) >= 11 is 1.60. The van der Waals surface area contributed by atoms with Gasteiger partial charge in [0, 0.05) is 17.3 Å². The van der Waals surface area contributed by atoms with E-state index in [2.05, 4.69) is 23.8 Å². The van der Waals surface area contributed by atoms with Crippen molar-refractivity contribution in [3.63, 3.8) is 0 Å². The first-order valence-corrected chi connectivity index (χ1v) is 7.31. The van der Waals surface area contributed by atoms with Crippen LogP contribution in [0.25, 0.3) is 11.0 Å². The van der Waals surface area contributed by atoms with E-state index in [-0.39, 0.29) is 0 Å². The molecule has 0 bridgehead atoms. The maximum atomic E-state index is 6.08. The summed E-state index contributed by atoms with van der Waals surface area (Å²) in [6.45, 7) is 4.44. The van der Waals surface area contributed by atoms with Crippen LogP contribution in [0.2, 0.25) is 0 Å². The maximum absolute atomic E-state index is 6.08. The van der Waals surface area contributed by atoms with Crippen LogP contribution in [0.4, 0.5) is 5.00 Å². The minimum absolute atomic E-state index is 0.437. The number of aromatic nitrogens is 2. The van der Waals surface area contributed by atoms with Gasteiger partial charge in [-0.1, -0.05) is 12.8 Å². The van der Waals surface area contributed by atoms with Crippen LogP contribution in [0.5, 0.6) is 0 Å². The fourth-order valence-corrected chi connectivity index (χ4v) is 3.68. The van der Waals surface area contributed by atoms with Crippen molar-refractivity contribution in [1.82, 2.24) is 9.55 Å². The van der Waals surface area contributed by atoms with Gasteiger partial charge in [0.2, 0.25) is 0 Å². The smallest absolute Gasteiger partial charge is 0.113 e. The molecule has 0 aromatic carbocycles. The molecule has 3 rings (SSSR count). The van der Waals surface area contributed by atoms with Gasteiger partial charge in [0.1, 0.15) is 21.9 Å². The van der Waals surface area contributed by atoms with Gasteiger partial charge < -0.3 is 10.3 Å². The lowest BCUT2D eigenvalue weighted by Crippen LogP contribution is -2.09. The summed E-state index contributed by atoms with van der Waals surface area (Å²) in [6.07, 6.45) is 5.27. The lowest BCUT2D eigenvalue weighted by Gasteiger charge is -2.16. The molecule has 0 unspecified atom stereocenters. The third kappa shape index (κ3) is 1.66. The molecule has 0 radical (unpaired) electrons. The molecule has 0 atom stereocenters. The Labute approximate surface area is 106 Å². The van der Waals surface area contributed by atoms with E-state index in [0.29, 0.717) is 12.0 Å². The molecule has 0 spiro atoms. The molecule has 0 amide bonds. The summed E-state index contributed by atoms with van der Waals surface area (Å²) in [7, 11) is 0. The Morgan fingerprint density at radius 3 is 2.76 bits per heavy atom. The Balaban J connectivity index is 2.19. The number of nitrogens with two attached hydrogens (primary N) is 1. The molecule has 0 saturated heterocycles. The van der Waals surface area contributed by atoms with Crippen molar-refractivity contribution in [3.8, 4) is 0 Å². The molecule has 2 aromatic rings. The Morgan fingerprint density at radius 2 is 2.12 bits per heavy atom. The van der Waals surface area contributed by atoms with Gasteiger partial charge in [-0.15, -0.1) is 11.3 Å². The number of hydrogen-bond donors (Lipinski definition) is 1. The van der Waals surface area contributed by atoms with Crippen LogP contribution in [0.3, 0.4) is 0 Å². The normalized spacial score (nSPS) is 17.6. The van der Waals surface area contributed by atoms with Crippen LogP contribution < -0.4 is 5.73 Å². The highest BCUT2D eigenvalue weighted by molar-refractivity contribution is 7.15. The minimum atomic E-state index is 0.437. The van der Waals surface area contributed by atoms with Gasteiger partial charge in [-0.05, 0) is 26.7 Å². The van der Waals surface area contributed by atoms with Crippen LogP contribution in [-0.2, 0) is 0 Å². The summed E-state index contributed by atoms with van der Waals surface area (Å²) in [5, 5.41) is 2.99. The Kier molecular flexibility index (Phi) is 2.62. The van der Waals surface area contributed by atoms with Crippen LogP contribution in [0.1, 0.15) is 57.3 Å². The molecule has 3 nitrogen and oxygen atoms in total. The highest BCUT2D eigenvalue weighted by atomic mass is 32.1. The Bertz CT molecular complexity index is 532. The third-order valence-electron chi connectivity index (χ3n) is 3.73. The van der Waals surface area contributed by atoms with Crippen molar-refractivity contribution in [2.24, 2.45) is 0 Å². The van der Waals surface area contributed by atoms with Crippen LogP contribution in [-0.4, -0.2) is 9.55 Å². The monoisotopic (exact) mass is 249 g/mol. The lowest BCUT2D eigenvalue weighted by molar-refractivity contribution is 0.541. The van der Waals surface area contributed by atoms with E-state index >= 15 is 0 Å². The third-order valence-corrected chi connectivity index (χ3v) is 4.52. The fourth-order valence-electron chi connectivity index (χ4n) is 2.97. The van der Waals surface area contributed by atoms with E-state index in [4.69, 9.17) is 10.7 Å². The zero-order valence-corrected chi connectivity index (χ0v) is 11.3. The summed E-state index contributed by atoms with van der Waals surface area (Å²) in [6, 6.07) is 0.437. The number of nitrogens with zero attached hydrogens (tertiary/aromatic N) is 2. The molecular weight excluding hydrogens is 230 g/mol. The molecule has 17 heavy (non-hydrogen) atoms. The molecule has 1 saturated carbocycles. The number of thiophene rings is 1. The first-order valence-electron chi connectivity index (χ1n) is 6.43. The second kappa shape index (κ2) is 4.02. The number of fused-ring (bicyclic) bond motifs is 1. The van der Waals surface area contributed by atoms with Gasteiger partial charge in [-0.25, -0.2) is 4.98 Å². The molecule has 2 heterocycles. The summed E-state index contributed by atoms with van der Waals surface area (Å²) in [4.78, 5) is 4.83.